The highest BCUT2D eigenvalue weighted by molar-refractivity contribution is 5.29. The average molecular weight is 848 g/mol. The van der Waals surface area contributed by atoms with Crippen LogP contribution in [-0.2, 0) is 0 Å². The molecule has 28 heteroatoms. The summed E-state index contributed by atoms with van der Waals surface area (Å²) in [6.45, 7) is 0. The average Bonchev–Trinajstić information content (AvgIpc) is 3.01. The molecule has 2 rings (SSSR count). The maximum atomic E-state index is 15.1. The zero-order valence-electron chi connectivity index (χ0n) is 24.9. The molecule has 2 aromatic heterocycles. The predicted octanol–water partition coefficient (Wildman–Crippen LogP) is 11.6. The number of nitrogens with zero attached hydrogens (tertiary/aromatic N) is 2. The molecule has 0 aromatic carbocycles. The molecule has 0 aliphatic rings. The van der Waals surface area contributed by atoms with E-state index in [2.05, 4.69) is 9.97 Å². The molecular formula is C26H14F26N2. The van der Waals surface area contributed by atoms with Gasteiger partial charge in [0.1, 0.15) is 0 Å². The van der Waals surface area contributed by atoms with E-state index < -0.39 is 107 Å². The molecule has 0 bridgehead atoms. The van der Waals surface area contributed by atoms with Crippen molar-refractivity contribution in [2.24, 2.45) is 0 Å². The first-order valence-corrected chi connectivity index (χ1v) is 13.4. The monoisotopic (exact) mass is 848 g/mol. The Balaban J connectivity index is 2.89. The van der Waals surface area contributed by atoms with Gasteiger partial charge in [-0.15, -0.1) is 0 Å². The molecule has 0 aliphatic heterocycles. The van der Waals surface area contributed by atoms with E-state index in [0.717, 1.165) is 0 Å². The van der Waals surface area contributed by atoms with Gasteiger partial charge in [-0.05, 0) is 47.2 Å². The highest BCUT2D eigenvalue weighted by Gasteiger charge is 2.92. The topological polar surface area (TPSA) is 25.8 Å². The van der Waals surface area contributed by atoms with Crippen LogP contribution in [0.5, 0.6) is 0 Å². The minimum absolute atomic E-state index is 0.195. The van der Waals surface area contributed by atoms with Crippen molar-refractivity contribution in [3.63, 3.8) is 0 Å². The highest BCUT2D eigenvalue weighted by atomic mass is 19.4. The van der Waals surface area contributed by atoms with Gasteiger partial charge >= 0.3 is 71.6 Å². The Morgan fingerprint density at radius 1 is 0.315 bits per heavy atom. The van der Waals surface area contributed by atoms with Crippen LogP contribution in [0.25, 0.3) is 0 Å². The van der Waals surface area contributed by atoms with Crippen LogP contribution in [0.4, 0.5) is 114 Å². The zero-order valence-corrected chi connectivity index (χ0v) is 24.9. The molecule has 0 saturated carbocycles. The first-order chi connectivity index (χ1) is 23.7. The number of alkyl halides is 26. The van der Waals surface area contributed by atoms with Crippen molar-refractivity contribution >= 4 is 0 Å². The van der Waals surface area contributed by atoms with Gasteiger partial charge in [-0.1, -0.05) is 0 Å². The summed E-state index contributed by atoms with van der Waals surface area (Å²) in [5.41, 5.74) is -2.73. The van der Waals surface area contributed by atoms with E-state index in [9.17, 15) is 96.6 Å². The number of halogens is 26. The van der Waals surface area contributed by atoms with Crippen molar-refractivity contribution in [3.05, 3.63) is 60.2 Å². The summed E-state index contributed by atoms with van der Waals surface area (Å²) >= 11 is 0. The van der Waals surface area contributed by atoms with E-state index in [1.54, 1.807) is 0 Å². The van der Waals surface area contributed by atoms with Gasteiger partial charge in [0.15, 0.2) is 0 Å². The molecule has 2 aromatic rings. The van der Waals surface area contributed by atoms with Crippen molar-refractivity contribution in [1.29, 1.82) is 0 Å². The minimum Gasteiger partial charge on any atom is -0.265 e. The molecule has 0 radical (unpaired) electrons. The zero-order chi connectivity index (χ0) is 42.8. The van der Waals surface area contributed by atoms with Crippen LogP contribution in [0.3, 0.4) is 0 Å². The van der Waals surface area contributed by atoms with Crippen LogP contribution >= 0.6 is 0 Å². The fraction of sp³-hybridized carbons (Fsp3) is 0.615. The number of hydrogen-bond donors (Lipinski definition) is 0. The van der Waals surface area contributed by atoms with Crippen molar-refractivity contribution in [2.45, 2.75) is 96.3 Å². The summed E-state index contributed by atoms with van der Waals surface area (Å²) in [7, 11) is 0. The number of pyridine rings is 2. The molecule has 2 nitrogen and oxygen atoms in total. The van der Waals surface area contributed by atoms with Gasteiger partial charge in [0.05, 0.1) is 0 Å². The lowest BCUT2D eigenvalue weighted by Gasteiger charge is -2.42. The molecule has 2 heterocycles. The number of hydrogen-bond acceptors (Lipinski definition) is 2. The third-order valence-electron chi connectivity index (χ3n) is 7.70. The second kappa shape index (κ2) is 13.6. The van der Waals surface area contributed by atoms with E-state index in [1.165, 1.54) is 0 Å². The van der Waals surface area contributed by atoms with Gasteiger partial charge in [0.25, 0.3) is 0 Å². The molecule has 2 atom stereocenters. The lowest BCUT2D eigenvalue weighted by Crippen LogP contribution is -2.70. The molecule has 54 heavy (non-hydrogen) atoms. The normalized spacial score (nSPS) is 16.7. The van der Waals surface area contributed by atoms with Crippen molar-refractivity contribution in [2.75, 3.05) is 0 Å². The Kier molecular flexibility index (Phi) is 11.7. The van der Waals surface area contributed by atoms with E-state index in [1.807, 2.05) is 0 Å². The SMILES string of the molecule is FC(F)(F)C(F)(F)C(F)(F)C(F)(F)C(F)(F)C(F)(F)C[C@H](c1ccncc1)[C@@H](CC(F)(F)C(F)(F)C(F)(F)C(F)(F)C(F)(F)C(F)(F)F)c1ccncc1. The molecule has 310 valence electrons. The molecule has 0 fully saturated rings. The van der Waals surface area contributed by atoms with Gasteiger partial charge < -0.3 is 0 Å². The molecule has 0 spiro atoms. The van der Waals surface area contributed by atoms with Gasteiger partial charge in [-0.2, -0.15) is 114 Å². The summed E-state index contributed by atoms with van der Waals surface area (Å²) in [5, 5.41) is 0. The third-order valence-corrected chi connectivity index (χ3v) is 7.70. The maximum absolute atomic E-state index is 15.1. The fourth-order valence-electron chi connectivity index (χ4n) is 4.62. The van der Waals surface area contributed by atoms with Gasteiger partial charge in [-0.3, -0.25) is 9.97 Å². The van der Waals surface area contributed by atoms with Crippen LogP contribution in [0.1, 0.15) is 35.8 Å². The maximum Gasteiger partial charge on any atom is 0.460 e. The Bertz CT molecular complexity index is 1450. The molecule has 0 unspecified atom stereocenters. The van der Waals surface area contributed by atoms with Crippen molar-refractivity contribution < 1.29 is 114 Å². The second-order valence-corrected chi connectivity index (χ2v) is 11.2. The van der Waals surface area contributed by atoms with E-state index in [4.69, 9.17) is 0 Å². The van der Waals surface area contributed by atoms with Crippen LogP contribution in [0, 0.1) is 0 Å². The highest BCUT2D eigenvalue weighted by Crippen LogP contribution is 2.64. The van der Waals surface area contributed by atoms with E-state index >= 15 is 17.6 Å². The first kappa shape index (κ1) is 46.6. The van der Waals surface area contributed by atoms with Gasteiger partial charge in [0, 0.05) is 37.6 Å². The summed E-state index contributed by atoms with van der Waals surface area (Å²) < 4.78 is 359. The number of rotatable bonds is 15. The number of aromatic nitrogens is 2. The molecule has 0 N–H and O–H groups in total. The summed E-state index contributed by atoms with van der Waals surface area (Å²) in [4.78, 5) is 6.35. The fourth-order valence-corrected chi connectivity index (χ4v) is 4.62. The van der Waals surface area contributed by atoms with Crippen LogP contribution in [0.15, 0.2) is 49.1 Å². The second-order valence-electron chi connectivity index (χ2n) is 11.2. The Morgan fingerprint density at radius 2 is 0.519 bits per heavy atom. The Morgan fingerprint density at radius 3 is 0.722 bits per heavy atom. The molecule has 0 amide bonds. The van der Waals surface area contributed by atoms with Gasteiger partial charge in [0.2, 0.25) is 0 Å². The third kappa shape index (κ3) is 7.05. The van der Waals surface area contributed by atoms with E-state index in [0.29, 0.717) is 24.8 Å². The first-order valence-electron chi connectivity index (χ1n) is 13.4. The predicted molar refractivity (Wildman–Crippen MR) is 125 cm³/mol. The smallest absolute Gasteiger partial charge is 0.265 e. The van der Waals surface area contributed by atoms with Crippen molar-refractivity contribution in [3.8, 4) is 0 Å². The van der Waals surface area contributed by atoms with Crippen LogP contribution in [0.2, 0.25) is 0 Å². The van der Waals surface area contributed by atoms with Crippen LogP contribution in [-0.4, -0.2) is 81.5 Å². The molecular weight excluding hydrogens is 834 g/mol. The Hall–Kier alpha value is -3.52. The minimum atomic E-state index is -8.49. The summed E-state index contributed by atoms with van der Waals surface area (Å²) in [5.74, 6) is -88.2. The van der Waals surface area contributed by atoms with Crippen molar-refractivity contribution in [1.82, 2.24) is 9.97 Å². The summed E-state index contributed by atoms with van der Waals surface area (Å²) in [6, 6.07) is 0.780. The molecule has 0 aliphatic carbocycles. The van der Waals surface area contributed by atoms with Crippen LogP contribution < -0.4 is 0 Å². The summed E-state index contributed by atoms with van der Waals surface area (Å²) in [6.07, 6.45) is -21.4. The quantitative estimate of drug-likeness (QED) is 0.167. The largest absolute Gasteiger partial charge is 0.460 e. The van der Waals surface area contributed by atoms with Gasteiger partial charge in [-0.25, -0.2) is 0 Å². The Labute approximate surface area is 281 Å². The molecule has 0 saturated heterocycles. The lowest BCUT2D eigenvalue weighted by atomic mass is 9.73. The van der Waals surface area contributed by atoms with E-state index in [-0.39, 0.29) is 24.3 Å². The lowest BCUT2D eigenvalue weighted by molar-refractivity contribution is -0.441. The standard InChI is InChI=1S/C26H14F26N2/c27-15(28,17(31,32)19(35,36)21(39,40)23(43,44)25(47,48)49)9-13(11-1-5-53-6-2-11)14(12-3-7-54-8-4-12)10-16(29,30)18(33,34)20(37,38)22(41,42)24(45,46)26(50,51)52/h1-8,13-14H,9-10H2/t13-,14+.